The molecule has 0 spiro atoms. The zero-order valence-electron chi connectivity index (χ0n) is 8.88. The Morgan fingerprint density at radius 2 is 1.88 bits per heavy atom. The van der Waals surface area contributed by atoms with Crippen LogP contribution in [0.2, 0.25) is 0 Å². The maximum absolute atomic E-state index is 10.7. The second-order valence-electron chi connectivity index (χ2n) is 3.61. The smallest absolute Gasteiger partial charge is 0.316 e. The van der Waals surface area contributed by atoms with Crippen molar-refractivity contribution in [1.29, 1.82) is 0 Å². The van der Waals surface area contributed by atoms with E-state index in [2.05, 4.69) is 0 Å². The van der Waals surface area contributed by atoms with Crippen molar-refractivity contribution in [2.45, 2.75) is 17.1 Å². The second-order valence-corrected chi connectivity index (χ2v) is 5.02. The fourth-order valence-electron chi connectivity index (χ4n) is 1.50. The molecule has 2 aromatic carbocycles. The molecule has 3 heteroatoms. The Balaban J connectivity index is 2.29. The van der Waals surface area contributed by atoms with Crippen molar-refractivity contribution in [2.75, 3.05) is 0 Å². The van der Waals surface area contributed by atoms with Crippen LogP contribution in [0.3, 0.4) is 0 Å². The van der Waals surface area contributed by atoms with Crippen LogP contribution in [0, 0.1) is 0 Å². The molecule has 0 saturated carbocycles. The van der Waals surface area contributed by atoms with E-state index in [0.29, 0.717) is 0 Å². The maximum Gasteiger partial charge on any atom is 0.316 e. The van der Waals surface area contributed by atoms with E-state index in [9.17, 15) is 4.79 Å². The van der Waals surface area contributed by atoms with Crippen LogP contribution >= 0.6 is 11.8 Å². The number of fused-ring (bicyclic) bond motifs is 1. The molecule has 0 bridgehead atoms. The number of rotatable bonds is 3. The van der Waals surface area contributed by atoms with Gasteiger partial charge in [0, 0.05) is 4.90 Å². The van der Waals surface area contributed by atoms with Crippen molar-refractivity contribution in [3.63, 3.8) is 0 Å². The Labute approximate surface area is 98.3 Å². The summed E-state index contributed by atoms with van der Waals surface area (Å²) in [6, 6.07) is 14.1. The predicted octanol–water partition coefficient (Wildman–Crippen LogP) is 3.41. The van der Waals surface area contributed by atoms with E-state index in [4.69, 9.17) is 5.11 Å². The highest BCUT2D eigenvalue weighted by Gasteiger charge is 2.12. The fraction of sp³-hybridized carbons (Fsp3) is 0.154. The molecule has 2 rings (SSSR count). The summed E-state index contributed by atoms with van der Waals surface area (Å²) >= 11 is 1.37. The molecule has 0 aliphatic carbocycles. The number of hydrogen-bond acceptors (Lipinski definition) is 2. The molecule has 0 radical (unpaired) electrons. The molecule has 0 amide bonds. The largest absolute Gasteiger partial charge is 0.480 e. The molecule has 1 unspecified atom stereocenters. The van der Waals surface area contributed by atoms with E-state index in [-0.39, 0.29) is 0 Å². The summed E-state index contributed by atoms with van der Waals surface area (Å²) in [6.07, 6.45) is 0. The zero-order chi connectivity index (χ0) is 11.5. The van der Waals surface area contributed by atoms with E-state index < -0.39 is 11.2 Å². The minimum Gasteiger partial charge on any atom is -0.480 e. The van der Waals surface area contributed by atoms with Crippen LogP contribution in [-0.2, 0) is 4.79 Å². The van der Waals surface area contributed by atoms with Gasteiger partial charge in [0.1, 0.15) is 5.25 Å². The number of aliphatic carboxylic acids is 1. The Morgan fingerprint density at radius 1 is 1.19 bits per heavy atom. The second kappa shape index (κ2) is 4.58. The highest BCUT2D eigenvalue weighted by atomic mass is 32.2. The number of carbonyl (C=O) groups is 1. The molecule has 0 aliphatic heterocycles. The average Bonchev–Trinajstić information content (AvgIpc) is 2.28. The number of thioether (sulfide) groups is 1. The highest BCUT2D eigenvalue weighted by molar-refractivity contribution is 8.00. The van der Waals surface area contributed by atoms with Gasteiger partial charge in [-0.05, 0) is 29.8 Å². The van der Waals surface area contributed by atoms with Crippen LogP contribution < -0.4 is 0 Å². The van der Waals surface area contributed by atoms with Gasteiger partial charge in [0.2, 0.25) is 0 Å². The normalized spacial score (nSPS) is 12.6. The molecule has 0 heterocycles. The summed E-state index contributed by atoms with van der Waals surface area (Å²) in [4.78, 5) is 11.7. The number of hydrogen-bond donors (Lipinski definition) is 1. The molecule has 2 aromatic rings. The molecule has 1 atom stereocenters. The van der Waals surface area contributed by atoms with Crippen molar-refractivity contribution in [3.8, 4) is 0 Å². The van der Waals surface area contributed by atoms with Crippen molar-refractivity contribution in [3.05, 3.63) is 42.5 Å². The first-order chi connectivity index (χ1) is 7.66. The Hall–Kier alpha value is -1.48. The third kappa shape index (κ3) is 2.36. The van der Waals surface area contributed by atoms with Gasteiger partial charge in [0.25, 0.3) is 0 Å². The lowest BCUT2D eigenvalue weighted by Crippen LogP contribution is -2.10. The first-order valence-electron chi connectivity index (χ1n) is 5.05. The average molecular weight is 232 g/mol. The molecule has 0 saturated heterocycles. The van der Waals surface area contributed by atoms with Crippen LogP contribution in [0.4, 0.5) is 0 Å². The standard InChI is InChI=1S/C13H12O2S/c1-9(13(14)15)16-12-7-6-10-4-2-3-5-11(10)8-12/h2-9H,1H3,(H,14,15). The zero-order valence-corrected chi connectivity index (χ0v) is 9.70. The molecule has 0 aliphatic rings. The summed E-state index contributed by atoms with van der Waals surface area (Å²) < 4.78 is 0. The molecule has 82 valence electrons. The molecule has 2 nitrogen and oxygen atoms in total. The van der Waals surface area contributed by atoms with Gasteiger partial charge in [0.05, 0.1) is 0 Å². The van der Waals surface area contributed by atoms with Gasteiger partial charge < -0.3 is 5.11 Å². The lowest BCUT2D eigenvalue weighted by Gasteiger charge is -2.06. The van der Waals surface area contributed by atoms with E-state index in [1.807, 2.05) is 42.5 Å². The Bertz CT molecular complexity index is 522. The van der Waals surface area contributed by atoms with Gasteiger partial charge in [-0.3, -0.25) is 4.79 Å². The topological polar surface area (TPSA) is 37.3 Å². The predicted molar refractivity (Wildman–Crippen MR) is 66.9 cm³/mol. The highest BCUT2D eigenvalue weighted by Crippen LogP contribution is 2.26. The van der Waals surface area contributed by atoms with Gasteiger partial charge >= 0.3 is 5.97 Å². The van der Waals surface area contributed by atoms with Crippen LogP contribution in [0.15, 0.2) is 47.4 Å². The lowest BCUT2D eigenvalue weighted by atomic mass is 10.1. The van der Waals surface area contributed by atoms with Crippen LogP contribution in [0.25, 0.3) is 10.8 Å². The van der Waals surface area contributed by atoms with Gasteiger partial charge in [-0.15, -0.1) is 11.8 Å². The van der Waals surface area contributed by atoms with Crippen molar-refractivity contribution < 1.29 is 9.90 Å². The third-order valence-corrected chi connectivity index (χ3v) is 3.46. The van der Waals surface area contributed by atoms with E-state index in [0.717, 1.165) is 10.3 Å². The first kappa shape index (κ1) is 11.0. The third-order valence-electron chi connectivity index (χ3n) is 2.38. The van der Waals surface area contributed by atoms with Crippen LogP contribution in [0.1, 0.15) is 6.92 Å². The quantitative estimate of drug-likeness (QED) is 0.824. The minimum absolute atomic E-state index is 0.416. The Kier molecular flexibility index (Phi) is 3.15. The van der Waals surface area contributed by atoms with E-state index >= 15 is 0 Å². The molecule has 0 aromatic heterocycles. The monoisotopic (exact) mass is 232 g/mol. The fourth-order valence-corrected chi connectivity index (χ4v) is 2.35. The van der Waals surface area contributed by atoms with Gasteiger partial charge in [-0.2, -0.15) is 0 Å². The SMILES string of the molecule is CC(Sc1ccc2ccccc2c1)C(=O)O. The van der Waals surface area contributed by atoms with E-state index in [1.165, 1.54) is 17.1 Å². The van der Waals surface area contributed by atoms with Crippen molar-refractivity contribution in [1.82, 2.24) is 0 Å². The molecular formula is C13H12O2S. The molecular weight excluding hydrogens is 220 g/mol. The van der Waals surface area contributed by atoms with Gasteiger partial charge in [-0.1, -0.05) is 30.3 Å². The Morgan fingerprint density at radius 3 is 2.56 bits per heavy atom. The summed E-state index contributed by atoms with van der Waals surface area (Å²) in [7, 11) is 0. The summed E-state index contributed by atoms with van der Waals surface area (Å²) in [5, 5.41) is 10.7. The van der Waals surface area contributed by atoms with E-state index in [1.54, 1.807) is 6.92 Å². The van der Waals surface area contributed by atoms with Crippen molar-refractivity contribution in [2.24, 2.45) is 0 Å². The van der Waals surface area contributed by atoms with Gasteiger partial charge in [-0.25, -0.2) is 0 Å². The summed E-state index contributed by atoms with van der Waals surface area (Å²) in [5.74, 6) is -0.779. The van der Waals surface area contributed by atoms with Crippen LogP contribution in [0.5, 0.6) is 0 Å². The van der Waals surface area contributed by atoms with Gasteiger partial charge in [0.15, 0.2) is 0 Å². The number of carboxylic acid groups (broad SMARTS) is 1. The van der Waals surface area contributed by atoms with Crippen molar-refractivity contribution >= 4 is 28.5 Å². The first-order valence-corrected chi connectivity index (χ1v) is 5.93. The summed E-state index contributed by atoms with van der Waals surface area (Å²) in [5.41, 5.74) is 0. The molecule has 0 fully saturated rings. The summed E-state index contributed by atoms with van der Waals surface area (Å²) in [6.45, 7) is 1.70. The minimum atomic E-state index is -0.779. The van der Waals surface area contributed by atoms with Crippen LogP contribution in [-0.4, -0.2) is 16.3 Å². The number of carboxylic acids is 1. The maximum atomic E-state index is 10.7. The molecule has 1 N–H and O–H groups in total. The lowest BCUT2D eigenvalue weighted by molar-refractivity contribution is -0.136. The number of benzene rings is 2. The molecule has 16 heavy (non-hydrogen) atoms.